The molecule has 0 aliphatic rings. The van der Waals surface area contributed by atoms with E-state index < -0.39 is 0 Å². The van der Waals surface area contributed by atoms with Gasteiger partial charge in [-0.2, -0.15) is 0 Å². The minimum atomic E-state index is 1.11. The Balaban J connectivity index is 0. The predicted octanol–water partition coefficient (Wildman–Crippen LogP) is 5.04. The van der Waals surface area contributed by atoms with Crippen LogP contribution in [0.2, 0.25) is 0 Å². The second-order valence-corrected chi connectivity index (χ2v) is 3.16. The minimum absolute atomic E-state index is 1.11. The van der Waals surface area contributed by atoms with E-state index in [-0.39, 0.29) is 0 Å². The van der Waals surface area contributed by atoms with Crippen molar-refractivity contribution in [2.45, 2.75) is 67.2 Å². The highest BCUT2D eigenvalue weighted by Gasteiger charge is 1.94. The van der Waals surface area contributed by atoms with Crippen molar-refractivity contribution < 1.29 is 0 Å². The lowest BCUT2D eigenvalue weighted by molar-refractivity contribution is 0.863. The smallest absolute Gasteiger partial charge is 0.0406 e. The Morgan fingerprint density at radius 1 is 0.938 bits per heavy atom. The van der Waals surface area contributed by atoms with Crippen LogP contribution in [-0.2, 0) is 12.8 Å². The summed E-state index contributed by atoms with van der Waals surface area (Å²) >= 11 is 0. The average molecular weight is 223 g/mol. The summed E-state index contributed by atoms with van der Waals surface area (Å²) in [4.78, 5) is 4.31. The third-order valence-electron chi connectivity index (χ3n) is 1.93. The van der Waals surface area contributed by atoms with Crippen LogP contribution in [0.15, 0.2) is 18.3 Å². The van der Waals surface area contributed by atoms with Crippen molar-refractivity contribution in [2.24, 2.45) is 0 Å². The topological polar surface area (TPSA) is 12.9 Å². The van der Waals surface area contributed by atoms with E-state index in [0.29, 0.717) is 0 Å². The number of pyridine rings is 1. The van der Waals surface area contributed by atoms with Crippen LogP contribution < -0.4 is 0 Å². The molecule has 0 aliphatic heterocycles. The Morgan fingerprint density at radius 2 is 1.50 bits per heavy atom. The first-order valence-corrected chi connectivity index (χ1v) is 6.80. The van der Waals surface area contributed by atoms with Gasteiger partial charge in [-0.05, 0) is 30.5 Å². The highest BCUT2D eigenvalue weighted by atomic mass is 14.7. The van der Waals surface area contributed by atoms with Crippen LogP contribution in [0.3, 0.4) is 0 Å². The molecule has 0 radical (unpaired) electrons. The van der Waals surface area contributed by atoms with Gasteiger partial charge in [0.1, 0.15) is 0 Å². The third-order valence-corrected chi connectivity index (χ3v) is 1.93. The summed E-state index contributed by atoms with van der Waals surface area (Å²) in [6, 6.07) is 4.34. The Labute approximate surface area is 102 Å². The number of hydrogen-bond donors (Lipinski definition) is 0. The van der Waals surface area contributed by atoms with Crippen LogP contribution in [0.5, 0.6) is 0 Å². The second-order valence-electron chi connectivity index (χ2n) is 3.16. The lowest BCUT2D eigenvalue weighted by atomic mass is 10.1. The van der Waals surface area contributed by atoms with Gasteiger partial charge in [0.05, 0.1) is 0 Å². The highest BCUT2D eigenvalue weighted by Crippen LogP contribution is 2.06. The molecule has 0 amide bonds. The molecule has 1 heterocycles. The van der Waals surface area contributed by atoms with E-state index in [9.17, 15) is 0 Å². The van der Waals surface area contributed by atoms with Crippen molar-refractivity contribution in [3.8, 4) is 0 Å². The number of aryl methyl sites for hydroxylation is 2. The molecule has 0 saturated carbocycles. The van der Waals surface area contributed by atoms with Gasteiger partial charge in [-0.3, -0.25) is 4.98 Å². The van der Waals surface area contributed by atoms with Crippen molar-refractivity contribution >= 4 is 0 Å². The maximum Gasteiger partial charge on any atom is 0.0406 e. The molecule has 1 nitrogen and oxygen atoms in total. The number of nitrogens with zero attached hydrogens (tertiary/aromatic N) is 1. The second kappa shape index (κ2) is 14.2. The van der Waals surface area contributed by atoms with E-state index in [2.05, 4.69) is 31.0 Å². The summed E-state index contributed by atoms with van der Waals surface area (Å²) in [5, 5.41) is 0. The van der Waals surface area contributed by atoms with Crippen LogP contribution in [-0.4, -0.2) is 4.98 Å². The van der Waals surface area contributed by atoms with Gasteiger partial charge < -0.3 is 0 Å². The van der Waals surface area contributed by atoms with Crippen molar-refractivity contribution in [3.63, 3.8) is 0 Å². The zero-order chi connectivity index (χ0) is 12.8. The molecule has 94 valence electrons. The Kier molecular flexibility index (Phi) is 15.5. The summed E-state index contributed by atoms with van der Waals surface area (Å²) in [7, 11) is 0. The highest BCUT2D eigenvalue weighted by molar-refractivity contribution is 5.16. The van der Waals surface area contributed by atoms with Gasteiger partial charge in [-0.25, -0.2) is 0 Å². The van der Waals surface area contributed by atoms with E-state index in [0.717, 1.165) is 6.42 Å². The molecule has 0 aliphatic carbocycles. The molecule has 1 heteroatoms. The summed E-state index contributed by atoms with van der Waals surface area (Å²) in [5.74, 6) is 0. The van der Waals surface area contributed by atoms with E-state index in [4.69, 9.17) is 0 Å². The van der Waals surface area contributed by atoms with Gasteiger partial charge in [0.15, 0.2) is 0 Å². The first kappa shape index (κ1) is 17.5. The van der Waals surface area contributed by atoms with E-state index in [1.54, 1.807) is 0 Å². The molecule has 16 heavy (non-hydrogen) atoms. The molecule has 0 N–H and O–H groups in total. The molecule has 0 saturated heterocycles. The lowest BCUT2D eigenvalue weighted by Crippen LogP contribution is -1.91. The molecule has 0 unspecified atom stereocenters. The number of hydrogen-bond acceptors (Lipinski definition) is 1. The quantitative estimate of drug-likeness (QED) is 0.697. The molecule has 0 atom stereocenters. The summed E-state index contributed by atoms with van der Waals surface area (Å²) < 4.78 is 0. The van der Waals surface area contributed by atoms with E-state index in [1.165, 1.54) is 30.5 Å². The maximum atomic E-state index is 4.31. The molecule has 0 fully saturated rings. The van der Waals surface area contributed by atoms with Crippen molar-refractivity contribution in [1.29, 1.82) is 0 Å². The van der Waals surface area contributed by atoms with Gasteiger partial charge >= 0.3 is 0 Å². The first-order chi connectivity index (χ1) is 7.86. The first-order valence-electron chi connectivity index (χ1n) is 6.80. The van der Waals surface area contributed by atoms with Gasteiger partial charge in [-0.15, -0.1) is 0 Å². The fourth-order valence-electron chi connectivity index (χ4n) is 1.37. The summed E-state index contributed by atoms with van der Waals surface area (Å²) in [6.07, 6.45) is 6.62. The predicted molar refractivity (Wildman–Crippen MR) is 74.9 cm³/mol. The monoisotopic (exact) mass is 223 g/mol. The van der Waals surface area contributed by atoms with Crippen LogP contribution in [0.1, 0.15) is 65.6 Å². The van der Waals surface area contributed by atoms with Crippen molar-refractivity contribution in [1.82, 2.24) is 4.98 Å². The molecular weight excluding hydrogens is 194 g/mol. The van der Waals surface area contributed by atoms with Crippen molar-refractivity contribution in [2.75, 3.05) is 0 Å². The van der Waals surface area contributed by atoms with Crippen LogP contribution in [0.25, 0.3) is 0 Å². The Bertz CT molecular complexity index is 209. The van der Waals surface area contributed by atoms with Gasteiger partial charge in [0.2, 0.25) is 0 Å². The Morgan fingerprint density at radius 3 is 2.00 bits per heavy atom. The van der Waals surface area contributed by atoms with E-state index >= 15 is 0 Å². The standard InChI is InChI=1S/C11H17N.2C2H6/c1-3-5-10-7-8-12-11(9-10)6-4-2;2*1-2/h7-9H,3-6H2,1-2H3;2*1-2H3. The normalized spacial score (nSPS) is 8.38. The SMILES string of the molecule is CC.CC.CCCc1ccnc(CCC)c1. The summed E-state index contributed by atoms with van der Waals surface area (Å²) in [6.45, 7) is 12.4. The fraction of sp³-hybridized carbons (Fsp3) is 0.667. The average Bonchev–Trinajstić information content (AvgIpc) is 2.36. The van der Waals surface area contributed by atoms with Crippen LogP contribution >= 0.6 is 0 Å². The van der Waals surface area contributed by atoms with Crippen molar-refractivity contribution in [3.05, 3.63) is 29.6 Å². The zero-order valence-corrected chi connectivity index (χ0v) is 12.0. The minimum Gasteiger partial charge on any atom is -0.261 e. The van der Waals surface area contributed by atoms with Gasteiger partial charge in [0, 0.05) is 11.9 Å². The fourth-order valence-corrected chi connectivity index (χ4v) is 1.37. The molecule has 0 bridgehead atoms. The Hall–Kier alpha value is -0.850. The van der Waals surface area contributed by atoms with E-state index in [1.807, 2.05) is 33.9 Å². The zero-order valence-electron chi connectivity index (χ0n) is 12.0. The van der Waals surface area contributed by atoms with Crippen LogP contribution in [0, 0.1) is 0 Å². The van der Waals surface area contributed by atoms with Crippen LogP contribution in [0.4, 0.5) is 0 Å². The van der Waals surface area contributed by atoms with Gasteiger partial charge in [0.25, 0.3) is 0 Å². The number of rotatable bonds is 4. The maximum absolute atomic E-state index is 4.31. The molecule has 1 rings (SSSR count). The van der Waals surface area contributed by atoms with Gasteiger partial charge in [-0.1, -0.05) is 54.4 Å². The molecular formula is C15H29N. The third kappa shape index (κ3) is 8.46. The molecule has 0 spiro atoms. The number of aromatic nitrogens is 1. The molecule has 0 aromatic carbocycles. The summed E-state index contributed by atoms with van der Waals surface area (Å²) in [5.41, 5.74) is 2.67. The molecule has 1 aromatic heterocycles. The lowest BCUT2D eigenvalue weighted by Gasteiger charge is -2.01. The largest absolute Gasteiger partial charge is 0.261 e. The molecule has 1 aromatic rings.